The summed E-state index contributed by atoms with van der Waals surface area (Å²) in [5.41, 5.74) is -0.000556. The molecule has 0 unspecified atom stereocenters. The first-order valence-corrected chi connectivity index (χ1v) is 5.93. The third-order valence-corrected chi connectivity index (χ3v) is 2.61. The Kier molecular flexibility index (Phi) is 5.44. The molecule has 0 aliphatic carbocycles. The number of carbonyl (C=O) groups excluding carboxylic acids is 1. The monoisotopic (exact) mass is 257 g/mol. The van der Waals surface area contributed by atoms with Crippen LogP contribution in [0.15, 0.2) is 23.1 Å². The molecule has 5 heteroatoms. The maximum Gasteiger partial charge on any atom is 0.256 e. The molecule has 0 bridgehead atoms. The number of hydrogen-bond donors (Lipinski definition) is 2. The van der Waals surface area contributed by atoms with E-state index in [4.69, 9.17) is 5.11 Å². The highest BCUT2D eigenvalue weighted by atomic mass is 32.1. The quantitative estimate of drug-likeness (QED) is 0.792. The van der Waals surface area contributed by atoms with Gasteiger partial charge >= 0.3 is 0 Å². The number of aliphatic hydroxyl groups is 1. The molecule has 0 radical (unpaired) electrons. The Morgan fingerprint density at radius 2 is 2.18 bits per heavy atom. The lowest BCUT2D eigenvalue weighted by molar-refractivity contribution is 0.0717. The van der Waals surface area contributed by atoms with E-state index in [1.807, 2.05) is 6.92 Å². The first kappa shape index (κ1) is 14.0. The fraction of sp³-hybridized carbons (Fsp3) is 0.417. The van der Waals surface area contributed by atoms with E-state index in [0.29, 0.717) is 11.4 Å². The molecule has 94 valence electrons. The number of rotatable bonds is 5. The molecular weight excluding hydrogens is 241 g/mol. The fourth-order valence-electron chi connectivity index (χ4n) is 1.55. The van der Waals surface area contributed by atoms with Crippen molar-refractivity contribution in [3.63, 3.8) is 0 Å². The van der Waals surface area contributed by atoms with Gasteiger partial charge in [-0.2, -0.15) is 0 Å². The summed E-state index contributed by atoms with van der Waals surface area (Å²) in [5, 5.41) is 8.88. The van der Waals surface area contributed by atoms with Crippen LogP contribution < -0.4 is 0 Å². The lowest BCUT2D eigenvalue weighted by Crippen LogP contribution is -2.34. The first-order chi connectivity index (χ1) is 8.10. The van der Waals surface area contributed by atoms with Gasteiger partial charge in [-0.25, -0.2) is 4.39 Å². The molecule has 0 saturated carbocycles. The lowest BCUT2D eigenvalue weighted by Gasteiger charge is -2.21. The van der Waals surface area contributed by atoms with Crippen LogP contribution in [0.1, 0.15) is 23.7 Å². The number of aliphatic hydroxyl groups excluding tert-OH is 1. The summed E-state index contributed by atoms with van der Waals surface area (Å²) in [5.74, 6) is -0.971. The summed E-state index contributed by atoms with van der Waals surface area (Å²) in [7, 11) is 0. The van der Waals surface area contributed by atoms with E-state index >= 15 is 0 Å². The molecule has 0 spiro atoms. The standard InChI is InChI=1S/C12H16FNO2S/c1-2-5-14(6-7-15)12(16)10-8-9(17)3-4-11(10)13/h3-4,8,15,17H,2,5-7H2,1H3. The van der Waals surface area contributed by atoms with Crippen molar-refractivity contribution < 1.29 is 14.3 Å². The molecule has 0 heterocycles. The van der Waals surface area contributed by atoms with E-state index < -0.39 is 11.7 Å². The molecule has 0 aliphatic rings. The zero-order valence-corrected chi connectivity index (χ0v) is 10.6. The number of halogens is 1. The summed E-state index contributed by atoms with van der Waals surface area (Å²) in [4.78, 5) is 14.0. The number of carbonyl (C=O) groups is 1. The van der Waals surface area contributed by atoms with Crippen LogP contribution in [0.3, 0.4) is 0 Å². The van der Waals surface area contributed by atoms with E-state index in [1.54, 1.807) is 0 Å². The molecule has 1 N–H and O–H groups in total. The topological polar surface area (TPSA) is 40.5 Å². The van der Waals surface area contributed by atoms with Crippen molar-refractivity contribution in [2.75, 3.05) is 19.7 Å². The molecule has 1 amide bonds. The Morgan fingerprint density at radius 3 is 2.76 bits per heavy atom. The van der Waals surface area contributed by atoms with E-state index in [0.717, 1.165) is 6.42 Å². The average molecular weight is 257 g/mol. The van der Waals surface area contributed by atoms with Gasteiger partial charge in [0.1, 0.15) is 5.82 Å². The maximum absolute atomic E-state index is 13.5. The fourth-order valence-corrected chi connectivity index (χ4v) is 1.76. The van der Waals surface area contributed by atoms with E-state index in [1.165, 1.54) is 23.1 Å². The van der Waals surface area contributed by atoms with Crippen LogP contribution in [0.4, 0.5) is 4.39 Å². The van der Waals surface area contributed by atoms with E-state index in [9.17, 15) is 9.18 Å². The highest BCUT2D eigenvalue weighted by molar-refractivity contribution is 7.80. The van der Waals surface area contributed by atoms with Gasteiger partial charge < -0.3 is 10.0 Å². The SMILES string of the molecule is CCCN(CCO)C(=O)c1cc(S)ccc1F. The highest BCUT2D eigenvalue weighted by Crippen LogP contribution is 2.15. The van der Waals surface area contributed by atoms with Gasteiger partial charge in [-0.05, 0) is 24.6 Å². The number of nitrogens with zero attached hydrogens (tertiary/aromatic N) is 1. The van der Waals surface area contributed by atoms with Crippen LogP contribution in [-0.4, -0.2) is 35.6 Å². The number of thiol groups is 1. The number of amides is 1. The first-order valence-electron chi connectivity index (χ1n) is 5.48. The summed E-state index contributed by atoms with van der Waals surface area (Å²) in [6, 6.07) is 4.12. The second kappa shape index (κ2) is 6.61. The van der Waals surface area contributed by atoms with Gasteiger partial charge in [0.05, 0.1) is 12.2 Å². The van der Waals surface area contributed by atoms with Gasteiger partial charge in [0.2, 0.25) is 0 Å². The Balaban J connectivity index is 2.95. The minimum atomic E-state index is -0.563. The van der Waals surface area contributed by atoms with Gasteiger partial charge in [-0.1, -0.05) is 6.92 Å². The average Bonchev–Trinajstić information content (AvgIpc) is 2.31. The van der Waals surface area contributed by atoms with Crippen molar-refractivity contribution in [2.24, 2.45) is 0 Å². The van der Waals surface area contributed by atoms with Crippen LogP contribution in [0.5, 0.6) is 0 Å². The Hall–Kier alpha value is -1.07. The number of benzene rings is 1. The summed E-state index contributed by atoms with van der Waals surface area (Å²) in [6.07, 6.45) is 0.758. The van der Waals surface area contributed by atoms with Crippen molar-refractivity contribution in [3.05, 3.63) is 29.6 Å². The molecule has 3 nitrogen and oxygen atoms in total. The molecule has 0 aromatic heterocycles. The molecule has 0 atom stereocenters. The Morgan fingerprint density at radius 1 is 1.47 bits per heavy atom. The molecule has 17 heavy (non-hydrogen) atoms. The second-order valence-electron chi connectivity index (χ2n) is 3.68. The predicted octanol–water partition coefficient (Wildman–Crippen LogP) is 1.96. The van der Waals surface area contributed by atoms with Gasteiger partial charge in [0, 0.05) is 18.0 Å². The largest absolute Gasteiger partial charge is 0.395 e. The van der Waals surface area contributed by atoms with Crippen molar-refractivity contribution in [2.45, 2.75) is 18.2 Å². The highest BCUT2D eigenvalue weighted by Gasteiger charge is 2.18. The van der Waals surface area contributed by atoms with Gasteiger partial charge in [-0.3, -0.25) is 4.79 Å². The molecule has 1 aromatic carbocycles. The minimum absolute atomic E-state index is 0.000556. The van der Waals surface area contributed by atoms with E-state index in [-0.39, 0.29) is 18.7 Å². The minimum Gasteiger partial charge on any atom is -0.395 e. The molecule has 1 rings (SSSR count). The van der Waals surface area contributed by atoms with Crippen LogP contribution in [0, 0.1) is 5.82 Å². The van der Waals surface area contributed by atoms with E-state index in [2.05, 4.69) is 12.6 Å². The zero-order valence-electron chi connectivity index (χ0n) is 9.69. The zero-order chi connectivity index (χ0) is 12.8. The number of hydrogen-bond acceptors (Lipinski definition) is 3. The predicted molar refractivity (Wildman–Crippen MR) is 66.9 cm³/mol. The Bertz CT molecular complexity index is 392. The lowest BCUT2D eigenvalue weighted by atomic mass is 10.2. The third-order valence-electron chi connectivity index (χ3n) is 2.33. The normalized spacial score (nSPS) is 10.4. The van der Waals surface area contributed by atoms with Crippen LogP contribution in [0.25, 0.3) is 0 Å². The van der Waals surface area contributed by atoms with Gasteiger partial charge in [0.15, 0.2) is 0 Å². The molecule has 1 aromatic rings. The molecular formula is C12H16FNO2S. The van der Waals surface area contributed by atoms with Crippen LogP contribution in [-0.2, 0) is 0 Å². The Labute approximate surface area is 106 Å². The molecule has 0 fully saturated rings. The maximum atomic E-state index is 13.5. The summed E-state index contributed by atoms with van der Waals surface area (Å²) < 4.78 is 13.5. The molecule has 0 aliphatic heterocycles. The summed E-state index contributed by atoms with van der Waals surface area (Å²) >= 11 is 4.08. The summed E-state index contributed by atoms with van der Waals surface area (Å²) in [6.45, 7) is 2.50. The van der Waals surface area contributed by atoms with Crippen molar-refractivity contribution in [1.82, 2.24) is 4.90 Å². The van der Waals surface area contributed by atoms with Crippen molar-refractivity contribution in [3.8, 4) is 0 Å². The van der Waals surface area contributed by atoms with Crippen LogP contribution in [0.2, 0.25) is 0 Å². The van der Waals surface area contributed by atoms with Crippen molar-refractivity contribution in [1.29, 1.82) is 0 Å². The van der Waals surface area contributed by atoms with Crippen LogP contribution >= 0.6 is 12.6 Å². The smallest absolute Gasteiger partial charge is 0.256 e. The van der Waals surface area contributed by atoms with Crippen molar-refractivity contribution >= 4 is 18.5 Å². The van der Waals surface area contributed by atoms with Gasteiger partial charge in [-0.15, -0.1) is 12.6 Å². The second-order valence-corrected chi connectivity index (χ2v) is 4.20. The molecule has 0 saturated heterocycles. The third kappa shape index (κ3) is 3.71. The van der Waals surface area contributed by atoms with Gasteiger partial charge in [0.25, 0.3) is 5.91 Å².